The minimum Gasteiger partial charge on any atom is -1.00 e. The lowest BCUT2D eigenvalue weighted by molar-refractivity contribution is -0.0000391. The van der Waals surface area contributed by atoms with Crippen LogP contribution in [0, 0.1) is 0 Å². The van der Waals surface area contributed by atoms with Crippen molar-refractivity contribution in [1.82, 2.24) is 44.0 Å². The van der Waals surface area contributed by atoms with Crippen LogP contribution in [0.5, 0.6) is 0 Å². The van der Waals surface area contributed by atoms with Crippen molar-refractivity contribution >= 4 is 11.9 Å². The van der Waals surface area contributed by atoms with E-state index < -0.39 is 18.2 Å². The van der Waals surface area contributed by atoms with Gasteiger partial charge in [-0.15, -0.1) is 0 Å². The summed E-state index contributed by atoms with van der Waals surface area (Å²) in [5.74, 6) is 0.619. The number of aromatic nitrogens is 4. The van der Waals surface area contributed by atoms with E-state index in [-0.39, 0.29) is 42.1 Å². The lowest BCUT2D eigenvalue weighted by Gasteiger charge is -2.30. The molecule has 6 N–H and O–H groups in total. The van der Waals surface area contributed by atoms with E-state index in [4.69, 9.17) is 10.8 Å². The molecule has 0 bridgehead atoms. The van der Waals surface area contributed by atoms with Gasteiger partial charge in [0.2, 0.25) is 0 Å². The second-order valence-corrected chi connectivity index (χ2v) is 16.7. The lowest BCUT2D eigenvalue weighted by atomic mass is 10.00. The van der Waals surface area contributed by atoms with E-state index in [9.17, 15) is 19.8 Å². The summed E-state index contributed by atoms with van der Waals surface area (Å²) >= 11 is 0. The number of aliphatic hydroxyl groups is 2. The molecule has 0 aliphatic carbocycles. The number of aromatic carboxylic acids is 1. The van der Waals surface area contributed by atoms with Crippen LogP contribution in [0.3, 0.4) is 0 Å². The third-order valence-corrected chi connectivity index (χ3v) is 11.7. The number of β-amino-alcohol motifs (C(OH)–C–C–N with tert-alkyl or cyclic N) is 2. The molecule has 4 aliphatic heterocycles. The van der Waals surface area contributed by atoms with Crippen molar-refractivity contribution in [3.8, 4) is 0 Å². The van der Waals surface area contributed by atoms with Crippen LogP contribution in [0.1, 0.15) is 82.6 Å². The van der Waals surface area contributed by atoms with E-state index in [1.165, 1.54) is 22.3 Å². The molecule has 0 radical (unpaired) electrons. The van der Waals surface area contributed by atoms with Crippen LogP contribution < -0.4 is 35.0 Å². The number of nitrogens with one attached hydrogen (secondary N) is 1. The highest BCUT2D eigenvalue weighted by Gasteiger charge is 2.25. The van der Waals surface area contributed by atoms with Gasteiger partial charge in [0.05, 0.1) is 25.3 Å². The first-order valence-corrected chi connectivity index (χ1v) is 21.1. The number of carbonyl (C=O) groups is 2. The fourth-order valence-electron chi connectivity index (χ4n) is 8.09. The maximum absolute atomic E-state index is 12.5. The van der Waals surface area contributed by atoms with Gasteiger partial charge in [-0.1, -0.05) is 48.5 Å². The topological polar surface area (TPSA) is 181 Å². The van der Waals surface area contributed by atoms with Crippen molar-refractivity contribution in [3.63, 3.8) is 0 Å². The Labute approximate surface area is 371 Å². The number of benzene rings is 2. The smallest absolute Gasteiger partial charge is 0.356 e. The second kappa shape index (κ2) is 22.4. The van der Waals surface area contributed by atoms with Gasteiger partial charge in [-0.25, -0.2) is 14.8 Å². The molecule has 0 saturated heterocycles. The Morgan fingerprint density at radius 3 is 1.58 bits per heavy atom. The monoisotopic (exact) mass is 939 g/mol. The van der Waals surface area contributed by atoms with Gasteiger partial charge in [0, 0.05) is 103 Å². The Kier molecular flexibility index (Phi) is 17.6. The lowest BCUT2D eigenvalue weighted by Crippen LogP contribution is -3.00. The normalized spacial score (nSPS) is 17.7. The molecule has 6 heterocycles. The van der Waals surface area contributed by atoms with Crippen molar-refractivity contribution in [2.24, 2.45) is 5.73 Å². The quantitative estimate of drug-likeness (QED) is 0.121. The average Bonchev–Trinajstić information content (AvgIpc) is 3.88. The van der Waals surface area contributed by atoms with Crippen LogP contribution in [-0.4, -0.2) is 143 Å². The first kappa shape index (κ1) is 47.3. The zero-order valence-corrected chi connectivity index (χ0v) is 37.7. The maximum atomic E-state index is 12.5. The Morgan fingerprint density at radius 1 is 0.667 bits per heavy atom. The number of fused-ring (bicyclic) bond motifs is 4. The number of amides is 1. The van der Waals surface area contributed by atoms with Crippen molar-refractivity contribution < 1.29 is 48.9 Å². The zero-order chi connectivity index (χ0) is 42.1. The van der Waals surface area contributed by atoms with Gasteiger partial charge in [-0.2, -0.15) is 0 Å². The largest absolute Gasteiger partial charge is 1.00 e. The van der Waals surface area contributed by atoms with Gasteiger partial charge in [-0.3, -0.25) is 24.4 Å². The van der Waals surface area contributed by atoms with Crippen molar-refractivity contribution in [2.75, 3.05) is 52.4 Å². The first-order chi connectivity index (χ1) is 28.4. The number of aliphatic hydroxyl groups excluding tert-OH is 2. The fourth-order valence-corrected chi connectivity index (χ4v) is 8.09. The number of imidazole rings is 2. The maximum Gasteiger partial charge on any atom is 0.356 e. The average molecular weight is 940 g/mol. The molecule has 15 nitrogen and oxygen atoms in total. The SMILES string of the molecule is CC(C)N1CCn2cc(C(=O)NCC(O)CN3CCc4ccccc4C3)nc2C1.CC(C)N1CCn2cc(C(=O)O)nc2C1.NCC(O)CN1CCc2ccccc2C1.[I-]. The van der Waals surface area contributed by atoms with E-state index in [0.29, 0.717) is 37.4 Å². The summed E-state index contributed by atoms with van der Waals surface area (Å²) in [5.41, 5.74) is 11.5. The predicted octanol–water partition coefficient (Wildman–Crippen LogP) is -0.570. The highest BCUT2D eigenvalue weighted by atomic mass is 127. The molecular formula is C44H64IN10O5-. The van der Waals surface area contributed by atoms with Crippen molar-refractivity contribution in [1.29, 1.82) is 0 Å². The number of nitrogens with two attached hydrogens (primary N) is 1. The molecule has 328 valence electrons. The Morgan fingerprint density at radius 2 is 1.12 bits per heavy atom. The summed E-state index contributed by atoms with van der Waals surface area (Å²) in [6.07, 6.45) is 4.54. The number of hydrogen-bond donors (Lipinski definition) is 5. The third-order valence-electron chi connectivity index (χ3n) is 11.7. The number of nitrogens with zero attached hydrogens (tertiary/aromatic N) is 8. The van der Waals surface area contributed by atoms with Gasteiger partial charge in [0.25, 0.3) is 5.91 Å². The van der Waals surface area contributed by atoms with Crippen LogP contribution in [-0.2, 0) is 52.1 Å². The number of carboxylic acids is 1. The first-order valence-electron chi connectivity index (χ1n) is 21.1. The van der Waals surface area contributed by atoms with Gasteiger partial charge in [-0.05, 0) is 62.8 Å². The van der Waals surface area contributed by atoms with Crippen molar-refractivity contribution in [2.45, 2.75) is 104 Å². The van der Waals surface area contributed by atoms with Crippen LogP contribution in [0.25, 0.3) is 0 Å². The molecule has 16 heteroatoms. The summed E-state index contributed by atoms with van der Waals surface area (Å²) in [4.78, 5) is 41.0. The molecule has 0 spiro atoms. The zero-order valence-electron chi connectivity index (χ0n) is 35.6. The Hall–Kier alpha value is -3.75. The number of carboxylic acid groups (broad SMARTS) is 1. The number of hydrogen-bond acceptors (Lipinski definition) is 11. The summed E-state index contributed by atoms with van der Waals surface area (Å²) in [6, 6.07) is 17.9. The van der Waals surface area contributed by atoms with Gasteiger partial charge in [0.15, 0.2) is 5.69 Å². The molecule has 8 rings (SSSR count). The standard InChI is InChI=1S/C22H31N5O2.C12H18N2O.C10H15N3O2.HI/c1-16(2)26-9-10-27-14-20(24-21(27)15-26)22(29)23-11-19(28)13-25-8-7-17-5-3-4-6-18(17)12-25;13-7-12(15)9-14-6-5-10-3-1-2-4-11(10)8-14;1-7(2)12-3-4-13-5-8(10(14)15)11-9(13)6-12;/h3-6,14,16,19,28H,7-13,15H2,1-2H3,(H,23,29);1-4,12,15H,5-9,13H2;5,7H,3-4,6H2,1-2H3,(H,14,15);1H/p-1. The van der Waals surface area contributed by atoms with Crippen LogP contribution in [0.4, 0.5) is 0 Å². The molecule has 0 saturated carbocycles. The Balaban J connectivity index is 0.000000186. The highest BCUT2D eigenvalue weighted by molar-refractivity contribution is 5.92. The van der Waals surface area contributed by atoms with E-state index in [0.717, 1.165) is 89.9 Å². The summed E-state index contributed by atoms with van der Waals surface area (Å²) < 4.78 is 4.00. The molecule has 4 aliphatic rings. The molecule has 0 fully saturated rings. The van der Waals surface area contributed by atoms with Gasteiger partial charge in [0.1, 0.15) is 17.3 Å². The summed E-state index contributed by atoms with van der Waals surface area (Å²) in [6.45, 7) is 19.3. The van der Waals surface area contributed by atoms with Crippen molar-refractivity contribution in [3.05, 3.63) is 106 Å². The van der Waals surface area contributed by atoms with Crippen LogP contribution in [0.2, 0.25) is 0 Å². The third kappa shape index (κ3) is 12.9. The summed E-state index contributed by atoms with van der Waals surface area (Å²) in [5, 5.41) is 31.6. The molecule has 4 aromatic rings. The number of carbonyl (C=O) groups excluding carboxylic acids is 1. The molecule has 2 aromatic heterocycles. The number of rotatable bonds is 11. The molecule has 2 atom stereocenters. The summed E-state index contributed by atoms with van der Waals surface area (Å²) in [7, 11) is 0. The van der Waals surface area contributed by atoms with Crippen LogP contribution in [0.15, 0.2) is 60.9 Å². The van der Waals surface area contributed by atoms with E-state index in [1.54, 1.807) is 6.20 Å². The molecule has 2 unspecified atom stereocenters. The number of halogens is 1. The van der Waals surface area contributed by atoms with Crippen LogP contribution >= 0.6 is 0 Å². The molecular weight excluding hydrogens is 875 g/mol. The highest BCUT2D eigenvalue weighted by Crippen LogP contribution is 2.20. The fraction of sp³-hybridized carbons (Fsp3) is 0.545. The van der Waals surface area contributed by atoms with E-state index >= 15 is 0 Å². The minimum atomic E-state index is -0.951. The van der Waals surface area contributed by atoms with Gasteiger partial charge < -0.3 is 59.5 Å². The second-order valence-electron chi connectivity index (χ2n) is 16.7. The molecule has 1 amide bonds. The molecule has 2 aromatic carbocycles. The van der Waals surface area contributed by atoms with E-state index in [1.807, 2.05) is 10.8 Å². The minimum absolute atomic E-state index is 0. The van der Waals surface area contributed by atoms with E-state index in [2.05, 4.69) is 116 Å². The predicted molar refractivity (Wildman–Crippen MR) is 227 cm³/mol. The Bertz CT molecular complexity index is 2000. The molecule has 60 heavy (non-hydrogen) atoms. The van der Waals surface area contributed by atoms with Gasteiger partial charge >= 0.3 is 5.97 Å².